The van der Waals surface area contributed by atoms with Crippen molar-refractivity contribution in [2.24, 2.45) is 0 Å². The van der Waals surface area contributed by atoms with E-state index in [0.29, 0.717) is 24.7 Å². The maximum Gasteiger partial charge on any atom is 0.230 e. The Morgan fingerprint density at radius 3 is 2.75 bits per heavy atom. The highest BCUT2D eigenvalue weighted by molar-refractivity contribution is 7.09. The fourth-order valence-corrected chi connectivity index (χ4v) is 3.56. The molecule has 6 heteroatoms. The van der Waals surface area contributed by atoms with Crippen LogP contribution in [0.25, 0.3) is 0 Å². The number of hydrogen-bond acceptors (Lipinski definition) is 5. The van der Waals surface area contributed by atoms with Crippen molar-refractivity contribution in [2.45, 2.75) is 19.8 Å². The van der Waals surface area contributed by atoms with Gasteiger partial charge in [0.05, 0.1) is 29.4 Å². The number of hydrogen-bond donors (Lipinski definition) is 1. The van der Waals surface area contributed by atoms with E-state index in [1.165, 1.54) is 5.56 Å². The summed E-state index contributed by atoms with van der Waals surface area (Å²) in [5, 5.41) is 5.89. The average Bonchev–Trinajstić information content (AvgIpc) is 3.11. The minimum Gasteiger partial charge on any atom is -0.489 e. The van der Waals surface area contributed by atoms with Crippen molar-refractivity contribution in [3.05, 3.63) is 75.7 Å². The molecular formula is C22H24N2O3S. The van der Waals surface area contributed by atoms with Gasteiger partial charge in [-0.2, -0.15) is 0 Å². The first-order chi connectivity index (χ1) is 13.6. The smallest absolute Gasteiger partial charge is 0.230 e. The van der Waals surface area contributed by atoms with Gasteiger partial charge in [0, 0.05) is 18.9 Å². The number of amides is 1. The van der Waals surface area contributed by atoms with Gasteiger partial charge in [0.15, 0.2) is 0 Å². The van der Waals surface area contributed by atoms with Crippen LogP contribution in [0.15, 0.2) is 53.9 Å². The summed E-state index contributed by atoms with van der Waals surface area (Å²) in [6, 6.07) is 15.9. The van der Waals surface area contributed by atoms with E-state index in [1.807, 2.05) is 48.7 Å². The summed E-state index contributed by atoms with van der Waals surface area (Å²) in [6.07, 6.45) is 1.01. The number of nitrogens with zero attached hydrogens (tertiary/aromatic N) is 1. The first-order valence-electron chi connectivity index (χ1n) is 9.13. The molecule has 0 bridgehead atoms. The first kappa shape index (κ1) is 20.0. The predicted octanol–water partition coefficient (Wildman–Crippen LogP) is 4.25. The lowest BCUT2D eigenvalue weighted by Gasteiger charge is -2.13. The van der Waals surface area contributed by atoms with Crippen LogP contribution in [-0.4, -0.2) is 31.2 Å². The van der Waals surface area contributed by atoms with Gasteiger partial charge >= 0.3 is 0 Å². The van der Waals surface area contributed by atoms with Crippen molar-refractivity contribution >= 4 is 22.9 Å². The Morgan fingerprint density at radius 2 is 1.96 bits per heavy atom. The lowest BCUT2D eigenvalue weighted by atomic mass is 10.2. The minimum absolute atomic E-state index is 0.114. The Labute approximate surface area is 169 Å². The summed E-state index contributed by atoms with van der Waals surface area (Å²) in [5.74, 6) is 0.533. The van der Waals surface area contributed by atoms with Crippen LogP contribution in [0.5, 0.6) is 5.75 Å². The zero-order valence-electron chi connectivity index (χ0n) is 16.1. The Morgan fingerprint density at radius 1 is 1.14 bits per heavy atom. The molecule has 0 saturated carbocycles. The maximum absolute atomic E-state index is 12.5. The number of ether oxygens (including phenoxy) is 2. The number of rotatable bonds is 9. The van der Waals surface area contributed by atoms with Crippen LogP contribution in [0.2, 0.25) is 0 Å². The lowest BCUT2D eigenvalue weighted by molar-refractivity contribution is -0.115. The average molecular weight is 397 g/mol. The monoisotopic (exact) mass is 396 g/mol. The third-order valence-corrected chi connectivity index (χ3v) is 4.99. The number of carbonyl (C=O) groups is 1. The number of aryl methyl sites for hydroxylation is 1. The molecule has 28 heavy (non-hydrogen) atoms. The molecule has 0 fully saturated rings. The van der Waals surface area contributed by atoms with Crippen LogP contribution >= 0.6 is 11.3 Å². The number of carbonyl (C=O) groups excluding carboxylic acids is 1. The third-order valence-electron chi connectivity index (χ3n) is 4.10. The highest BCUT2D eigenvalue weighted by atomic mass is 32.1. The van der Waals surface area contributed by atoms with Crippen LogP contribution in [0.1, 0.15) is 21.8 Å². The Kier molecular flexibility index (Phi) is 7.17. The van der Waals surface area contributed by atoms with Gasteiger partial charge < -0.3 is 14.8 Å². The second kappa shape index (κ2) is 10.0. The van der Waals surface area contributed by atoms with E-state index in [0.717, 1.165) is 22.7 Å². The molecule has 0 radical (unpaired) electrons. The molecule has 1 heterocycles. The fraction of sp³-hybridized carbons (Fsp3) is 0.273. The molecule has 2 aromatic carbocycles. The molecule has 3 aromatic rings. The number of nitrogens with one attached hydrogen (secondary N) is 1. The van der Waals surface area contributed by atoms with Crippen molar-refractivity contribution in [1.82, 2.24) is 4.98 Å². The van der Waals surface area contributed by atoms with E-state index < -0.39 is 0 Å². The highest BCUT2D eigenvalue weighted by Crippen LogP contribution is 2.26. The number of thiazole rings is 1. The molecule has 1 aromatic heterocycles. The number of benzene rings is 2. The van der Waals surface area contributed by atoms with Crippen LogP contribution in [0, 0.1) is 6.92 Å². The van der Waals surface area contributed by atoms with E-state index in [2.05, 4.69) is 22.4 Å². The number of methoxy groups -OCH3 is 1. The van der Waals surface area contributed by atoms with E-state index in [4.69, 9.17) is 9.47 Å². The summed E-state index contributed by atoms with van der Waals surface area (Å²) < 4.78 is 10.7. The Hall–Kier alpha value is -2.70. The van der Waals surface area contributed by atoms with Crippen LogP contribution in [0.4, 0.5) is 5.69 Å². The largest absolute Gasteiger partial charge is 0.489 e. The quantitative estimate of drug-likeness (QED) is 0.550. The molecule has 1 N–H and O–H groups in total. The molecule has 0 spiro atoms. The van der Waals surface area contributed by atoms with E-state index in [1.54, 1.807) is 18.4 Å². The fourth-order valence-electron chi connectivity index (χ4n) is 2.73. The van der Waals surface area contributed by atoms with E-state index in [9.17, 15) is 4.79 Å². The molecule has 0 saturated heterocycles. The summed E-state index contributed by atoms with van der Waals surface area (Å²) in [5.41, 5.74) is 3.72. The first-order valence-corrected chi connectivity index (χ1v) is 10.0. The van der Waals surface area contributed by atoms with Gasteiger partial charge in [0.2, 0.25) is 5.91 Å². The minimum atomic E-state index is -0.114. The summed E-state index contributed by atoms with van der Waals surface area (Å²) in [4.78, 5) is 17.1. The summed E-state index contributed by atoms with van der Waals surface area (Å²) in [6.45, 7) is 2.90. The van der Waals surface area contributed by atoms with Crippen LogP contribution in [-0.2, 0) is 22.4 Å². The van der Waals surface area contributed by atoms with Gasteiger partial charge in [-0.1, -0.05) is 36.4 Å². The molecular weight excluding hydrogens is 372 g/mol. The van der Waals surface area contributed by atoms with Gasteiger partial charge in [-0.15, -0.1) is 11.3 Å². The maximum atomic E-state index is 12.5. The molecule has 0 aliphatic carbocycles. The number of aromatic nitrogens is 1. The molecule has 3 rings (SSSR count). The van der Waals surface area contributed by atoms with Gasteiger partial charge in [-0.05, 0) is 30.2 Å². The second-order valence-corrected chi connectivity index (χ2v) is 7.40. The Balaban J connectivity index is 1.60. The zero-order chi connectivity index (χ0) is 19.8. The third kappa shape index (κ3) is 5.90. The van der Waals surface area contributed by atoms with Gasteiger partial charge in [0.1, 0.15) is 12.4 Å². The normalized spacial score (nSPS) is 10.6. The second-order valence-electron chi connectivity index (χ2n) is 6.46. The molecule has 1 amide bonds. The van der Waals surface area contributed by atoms with Crippen molar-refractivity contribution in [1.29, 1.82) is 0 Å². The van der Waals surface area contributed by atoms with Crippen molar-refractivity contribution in [3.63, 3.8) is 0 Å². The summed E-state index contributed by atoms with van der Waals surface area (Å²) in [7, 11) is 1.63. The topological polar surface area (TPSA) is 60.5 Å². The van der Waals surface area contributed by atoms with Crippen molar-refractivity contribution in [3.8, 4) is 5.75 Å². The number of anilines is 1. The molecule has 5 nitrogen and oxygen atoms in total. The van der Waals surface area contributed by atoms with E-state index >= 15 is 0 Å². The molecule has 0 aliphatic heterocycles. The van der Waals surface area contributed by atoms with Gasteiger partial charge in [-0.3, -0.25) is 4.79 Å². The molecule has 0 unspecified atom stereocenters. The Bertz CT molecular complexity index is 909. The van der Waals surface area contributed by atoms with Crippen LogP contribution in [0.3, 0.4) is 0 Å². The predicted molar refractivity (Wildman–Crippen MR) is 112 cm³/mol. The molecule has 146 valence electrons. The standard InChI is InChI=1S/C22H24N2O3S/c1-16-8-9-19(20(12-16)27-11-10-26-2)24-21(25)14-18-15-28-22(23-18)13-17-6-4-3-5-7-17/h3-9,12,15H,10-11,13-14H2,1-2H3,(H,24,25). The van der Waals surface area contributed by atoms with Crippen LogP contribution < -0.4 is 10.1 Å². The highest BCUT2D eigenvalue weighted by Gasteiger charge is 2.12. The SMILES string of the molecule is COCCOc1cc(C)ccc1NC(=O)Cc1csc(Cc2ccccc2)n1. The van der Waals surface area contributed by atoms with Crippen molar-refractivity contribution in [2.75, 3.05) is 25.6 Å². The molecule has 0 atom stereocenters. The molecule has 0 aliphatic rings. The van der Waals surface area contributed by atoms with Gasteiger partial charge in [0.25, 0.3) is 0 Å². The zero-order valence-corrected chi connectivity index (χ0v) is 16.9. The lowest BCUT2D eigenvalue weighted by Crippen LogP contribution is -2.16. The van der Waals surface area contributed by atoms with Gasteiger partial charge in [-0.25, -0.2) is 4.98 Å². The summed E-state index contributed by atoms with van der Waals surface area (Å²) >= 11 is 1.58. The van der Waals surface area contributed by atoms with E-state index in [-0.39, 0.29) is 12.3 Å². The van der Waals surface area contributed by atoms with Crippen molar-refractivity contribution < 1.29 is 14.3 Å².